The molecule has 3 rings (SSSR count). The molecule has 2 aromatic rings. The van der Waals surface area contributed by atoms with Gasteiger partial charge < -0.3 is 4.74 Å². The van der Waals surface area contributed by atoms with Crippen LogP contribution in [0.25, 0.3) is 6.08 Å². The third-order valence-electron chi connectivity index (χ3n) is 5.09. The molecule has 1 saturated heterocycles. The van der Waals surface area contributed by atoms with E-state index in [1.54, 1.807) is 13.2 Å². The summed E-state index contributed by atoms with van der Waals surface area (Å²) in [6, 6.07) is 14.0. The Balaban J connectivity index is 1.71. The van der Waals surface area contributed by atoms with Gasteiger partial charge in [0.1, 0.15) is 5.75 Å². The molecule has 0 atom stereocenters. The fourth-order valence-corrected chi connectivity index (χ4v) is 4.31. The summed E-state index contributed by atoms with van der Waals surface area (Å²) in [6.07, 6.45) is 3.56. The summed E-state index contributed by atoms with van der Waals surface area (Å²) in [7, 11) is 1.71. The summed E-state index contributed by atoms with van der Waals surface area (Å²) in [4.78, 5) is 15.0. The fraction of sp³-hybridized carbons (Fsp3) is 0.375. The average Bonchev–Trinajstić information content (AvgIpc) is 2.73. The zero-order chi connectivity index (χ0) is 19.9. The maximum Gasteiger partial charge on any atom is 0.185 e. The highest BCUT2D eigenvalue weighted by atomic mass is 32.2. The first-order chi connectivity index (χ1) is 13.6. The Morgan fingerprint density at radius 2 is 1.86 bits per heavy atom. The van der Waals surface area contributed by atoms with Gasteiger partial charge in [-0.05, 0) is 35.3 Å². The fourth-order valence-electron chi connectivity index (χ4n) is 3.33. The van der Waals surface area contributed by atoms with Gasteiger partial charge in [-0.1, -0.05) is 50.3 Å². The standard InChI is InChI=1S/C24H29NO2S/c1-18(2)20-6-8-21(9-7-20)23(26)10-4-19-5-11-24(27-3)22(16-19)17-25-12-14-28-15-13-25/h4-11,16,18H,12-15,17H2,1-3H3/b10-4+. The predicted molar refractivity (Wildman–Crippen MR) is 119 cm³/mol. The van der Waals surface area contributed by atoms with Crippen molar-refractivity contribution in [3.05, 3.63) is 70.8 Å². The van der Waals surface area contributed by atoms with Gasteiger partial charge in [-0.25, -0.2) is 0 Å². The van der Waals surface area contributed by atoms with Crippen LogP contribution < -0.4 is 4.74 Å². The number of rotatable bonds is 7. The normalized spacial score (nSPS) is 15.3. The molecule has 0 bridgehead atoms. The van der Waals surface area contributed by atoms with Crippen molar-refractivity contribution in [3.63, 3.8) is 0 Å². The Labute approximate surface area is 172 Å². The Hall–Kier alpha value is -2.04. The molecule has 0 radical (unpaired) electrons. The van der Waals surface area contributed by atoms with E-state index in [-0.39, 0.29) is 5.78 Å². The van der Waals surface area contributed by atoms with E-state index in [4.69, 9.17) is 4.74 Å². The average molecular weight is 396 g/mol. The minimum Gasteiger partial charge on any atom is -0.496 e. The smallest absolute Gasteiger partial charge is 0.185 e. The minimum absolute atomic E-state index is 0.0285. The number of nitrogens with zero attached hydrogens (tertiary/aromatic N) is 1. The topological polar surface area (TPSA) is 29.5 Å². The molecule has 148 valence electrons. The van der Waals surface area contributed by atoms with Crippen LogP contribution in [0.4, 0.5) is 0 Å². The lowest BCUT2D eigenvalue weighted by Crippen LogP contribution is -2.32. The molecule has 0 saturated carbocycles. The number of ketones is 1. The first-order valence-corrected chi connectivity index (χ1v) is 11.0. The van der Waals surface area contributed by atoms with E-state index in [9.17, 15) is 4.79 Å². The minimum atomic E-state index is 0.0285. The lowest BCUT2D eigenvalue weighted by Gasteiger charge is -2.26. The van der Waals surface area contributed by atoms with Crippen molar-refractivity contribution in [1.82, 2.24) is 4.90 Å². The van der Waals surface area contributed by atoms with Gasteiger partial charge in [-0.15, -0.1) is 0 Å². The highest BCUT2D eigenvalue weighted by Crippen LogP contribution is 2.24. The van der Waals surface area contributed by atoms with Gasteiger partial charge in [0.25, 0.3) is 0 Å². The van der Waals surface area contributed by atoms with Crippen molar-refractivity contribution in [1.29, 1.82) is 0 Å². The molecule has 0 aromatic heterocycles. The molecule has 0 amide bonds. The molecule has 28 heavy (non-hydrogen) atoms. The maximum atomic E-state index is 12.5. The molecule has 2 aromatic carbocycles. The van der Waals surface area contributed by atoms with Crippen molar-refractivity contribution in [2.45, 2.75) is 26.3 Å². The van der Waals surface area contributed by atoms with Gasteiger partial charge in [0.15, 0.2) is 5.78 Å². The summed E-state index contributed by atoms with van der Waals surface area (Å²) in [6.45, 7) is 7.41. The molecule has 1 aliphatic heterocycles. The molecule has 1 heterocycles. The number of thioether (sulfide) groups is 1. The van der Waals surface area contributed by atoms with E-state index in [0.717, 1.165) is 36.5 Å². The van der Waals surface area contributed by atoms with Gasteiger partial charge in [-0.3, -0.25) is 9.69 Å². The molecule has 4 heteroatoms. The van der Waals surface area contributed by atoms with E-state index in [1.807, 2.05) is 54.2 Å². The Bertz CT molecular complexity index is 821. The SMILES string of the molecule is COc1ccc(/C=C/C(=O)c2ccc(C(C)C)cc2)cc1CN1CCSCC1. The molecule has 0 unspecified atom stereocenters. The van der Waals surface area contributed by atoms with Crippen LogP contribution in [-0.2, 0) is 6.54 Å². The van der Waals surface area contributed by atoms with E-state index < -0.39 is 0 Å². The van der Waals surface area contributed by atoms with Crippen molar-refractivity contribution < 1.29 is 9.53 Å². The van der Waals surface area contributed by atoms with Crippen molar-refractivity contribution in [2.75, 3.05) is 31.7 Å². The molecule has 1 aliphatic rings. The predicted octanol–water partition coefficient (Wildman–Crippen LogP) is 5.26. The summed E-state index contributed by atoms with van der Waals surface area (Å²) in [5.74, 6) is 3.78. The van der Waals surface area contributed by atoms with Crippen LogP contribution in [0.2, 0.25) is 0 Å². The first-order valence-electron chi connectivity index (χ1n) is 9.86. The number of benzene rings is 2. The molecule has 0 N–H and O–H groups in total. The number of carbonyl (C=O) groups excluding carboxylic acids is 1. The van der Waals surface area contributed by atoms with Crippen LogP contribution in [-0.4, -0.2) is 42.4 Å². The second-order valence-corrected chi connectivity index (χ2v) is 8.66. The first kappa shape index (κ1) is 20.7. The van der Waals surface area contributed by atoms with Crippen molar-refractivity contribution >= 4 is 23.6 Å². The second kappa shape index (κ2) is 9.94. The maximum absolute atomic E-state index is 12.5. The molecule has 0 aliphatic carbocycles. The van der Waals surface area contributed by atoms with Crippen LogP contribution in [0.1, 0.15) is 46.8 Å². The summed E-state index contributed by atoms with van der Waals surface area (Å²) in [5.41, 5.74) is 4.16. The summed E-state index contributed by atoms with van der Waals surface area (Å²) in [5, 5.41) is 0. The van der Waals surface area contributed by atoms with Crippen LogP contribution in [0.5, 0.6) is 5.75 Å². The third-order valence-corrected chi connectivity index (χ3v) is 6.03. The van der Waals surface area contributed by atoms with E-state index in [0.29, 0.717) is 5.92 Å². The van der Waals surface area contributed by atoms with Gasteiger partial charge >= 0.3 is 0 Å². The molecule has 3 nitrogen and oxygen atoms in total. The van der Waals surface area contributed by atoms with E-state index in [1.165, 1.54) is 22.6 Å². The van der Waals surface area contributed by atoms with Crippen molar-refractivity contribution in [3.8, 4) is 5.75 Å². The number of hydrogen-bond acceptors (Lipinski definition) is 4. The van der Waals surface area contributed by atoms with Gasteiger partial charge in [-0.2, -0.15) is 11.8 Å². The Kier molecular flexibility index (Phi) is 7.35. The zero-order valence-electron chi connectivity index (χ0n) is 17.0. The summed E-state index contributed by atoms with van der Waals surface area (Å²) >= 11 is 2.01. The highest BCUT2D eigenvalue weighted by molar-refractivity contribution is 7.99. The van der Waals surface area contributed by atoms with Gasteiger partial charge in [0.05, 0.1) is 7.11 Å². The largest absolute Gasteiger partial charge is 0.496 e. The van der Waals surface area contributed by atoms with Crippen LogP contribution in [0.3, 0.4) is 0 Å². The van der Waals surface area contributed by atoms with Crippen LogP contribution >= 0.6 is 11.8 Å². The quantitative estimate of drug-likeness (QED) is 0.472. The van der Waals surface area contributed by atoms with E-state index >= 15 is 0 Å². The molecular formula is C24H29NO2S. The summed E-state index contributed by atoms with van der Waals surface area (Å²) < 4.78 is 5.54. The Morgan fingerprint density at radius 3 is 2.50 bits per heavy atom. The monoisotopic (exact) mass is 395 g/mol. The van der Waals surface area contributed by atoms with Crippen molar-refractivity contribution in [2.24, 2.45) is 0 Å². The lowest BCUT2D eigenvalue weighted by atomic mass is 10.00. The number of carbonyl (C=O) groups is 1. The van der Waals surface area contributed by atoms with Gasteiger partial charge in [0.2, 0.25) is 0 Å². The molecule has 1 fully saturated rings. The molecular weight excluding hydrogens is 366 g/mol. The van der Waals surface area contributed by atoms with E-state index in [2.05, 4.69) is 24.8 Å². The van der Waals surface area contributed by atoms with Crippen LogP contribution in [0.15, 0.2) is 48.5 Å². The number of methoxy groups -OCH3 is 1. The highest BCUT2D eigenvalue weighted by Gasteiger charge is 2.13. The Morgan fingerprint density at radius 1 is 1.14 bits per heavy atom. The zero-order valence-corrected chi connectivity index (χ0v) is 17.8. The number of hydrogen-bond donors (Lipinski definition) is 0. The number of ether oxygens (including phenoxy) is 1. The molecule has 0 spiro atoms. The van der Waals surface area contributed by atoms with Crippen LogP contribution in [0, 0.1) is 0 Å². The van der Waals surface area contributed by atoms with Gasteiger partial charge in [0, 0.05) is 42.3 Å². The lowest BCUT2D eigenvalue weighted by molar-refractivity contribution is 0.104. The third kappa shape index (κ3) is 5.49. The second-order valence-electron chi connectivity index (χ2n) is 7.43. The number of allylic oxidation sites excluding steroid dienone is 1.